The molecule has 5 nitrogen and oxygen atoms in total. The van der Waals surface area contributed by atoms with Crippen molar-refractivity contribution in [3.05, 3.63) is 47.2 Å². The average molecular weight is 368 g/mol. The highest BCUT2D eigenvalue weighted by molar-refractivity contribution is 5.88. The maximum Gasteiger partial charge on any atom is 0.416 e. The van der Waals surface area contributed by atoms with E-state index in [1.54, 1.807) is 26.1 Å². The SMILES string of the molecule is Cc1cc(NC(=O)NC(c2cccc(C(F)(F)F)c2)C(C)(C)C)n(C)n1. The molecule has 0 spiro atoms. The summed E-state index contributed by atoms with van der Waals surface area (Å²) in [6.45, 7) is 7.36. The number of aryl methyl sites for hydroxylation is 2. The van der Waals surface area contributed by atoms with Crippen molar-refractivity contribution >= 4 is 11.8 Å². The fourth-order valence-corrected chi connectivity index (χ4v) is 2.71. The van der Waals surface area contributed by atoms with Crippen molar-refractivity contribution in [2.75, 3.05) is 5.32 Å². The van der Waals surface area contributed by atoms with E-state index in [0.717, 1.165) is 17.8 Å². The molecule has 2 rings (SSSR count). The third kappa shape index (κ3) is 4.77. The average Bonchev–Trinajstić information content (AvgIpc) is 2.80. The number of hydrogen-bond donors (Lipinski definition) is 2. The number of carbonyl (C=O) groups excluding carboxylic acids is 1. The first-order valence-corrected chi connectivity index (χ1v) is 8.13. The minimum atomic E-state index is -4.44. The largest absolute Gasteiger partial charge is 0.416 e. The van der Waals surface area contributed by atoms with Gasteiger partial charge in [0.1, 0.15) is 5.82 Å². The number of alkyl halides is 3. The lowest BCUT2D eigenvalue weighted by molar-refractivity contribution is -0.137. The Bertz CT molecular complexity index is 790. The molecule has 1 aromatic carbocycles. The van der Waals surface area contributed by atoms with Gasteiger partial charge in [-0.1, -0.05) is 32.9 Å². The Labute approximate surface area is 150 Å². The molecule has 2 aromatic rings. The lowest BCUT2D eigenvalue weighted by atomic mass is 9.82. The highest BCUT2D eigenvalue weighted by atomic mass is 19.4. The maximum atomic E-state index is 13.0. The van der Waals surface area contributed by atoms with Gasteiger partial charge in [-0.05, 0) is 30.0 Å². The van der Waals surface area contributed by atoms with E-state index < -0.39 is 29.2 Å². The number of nitrogens with one attached hydrogen (secondary N) is 2. The summed E-state index contributed by atoms with van der Waals surface area (Å²) in [5.74, 6) is 0.497. The molecule has 26 heavy (non-hydrogen) atoms. The minimum Gasteiger partial charge on any atom is -0.330 e. The molecule has 2 N–H and O–H groups in total. The Balaban J connectivity index is 2.26. The van der Waals surface area contributed by atoms with Gasteiger partial charge < -0.3 is 5.32 Å². The summed E-state index contributed by atoms with van der Waals surface area (Å²) in [5.41, 5.74) is -0.102. The number of carbonyl (C=O) groups is 1. The van der Waals surface area contributed by atoms with Crippen molar-refractivity contribution in [1.29, 1.82) is 0 Å². The van der Waals surface area contributed by atoms with Crippen molar-refractivity contribution in [3.63, 3.8) is 0 Å². The van der Waals surface area contributed by atoms with E-state index in [1.165, 1.54) is 10.7 Å². The molecular formula is C18H23F3N4O. The number of urea groups is 1. The van der Waals surface area contributed by atoms with Gasteiger partial charge in [-0.25, -0.2) is 4.79 Å². The van der Waals surface area contributed by atoms with Gasteiger partial charge >= 0.3 is 12.2 Å². The Hall–Kier alpha value is -2.51. The van der Waals surface area contributed by atoms with E-state index in [4.69, 9.17) is 0 Å². The van der Waals surface area contributed by atoms with Crippen molar-refractivity contribution in [3.8, 4) is 0 Å². The normalized spacial score (nSPS) is 13.4. The van der Waals surface area contributed by atoms with Crippen molar-refractivity contribution < 1.29 is 18.0 Å². The maximum absolute atomic E-state index is 13.0. The first-order chi connectivity index (χ1) is 11.9. The predicted octanol–water partition coefficient (Wildman–Crippen LogP) is 4.66. The van der Waals surface area contributed by atoms with Gasteiger partial charge in [-0.15, -0.1) is 0 Å². The Morgan fingerprint density at radius 2 is 1.85 bits per heavy atom. The van der Waals surface area contributed by atoms with Gasteiger partial charge in [0.15, 0.2) is 0 Å². The first kappa shape index (κ1) is 19.8. The van der Waals surface area contributed by atoms with Crippen molar-refractivity contribution in [1.82, 2.24) is 15.1 Å². The molecule has 0 fully saturated rings. The van der Waals surface area contributed by atoms with Gasteiger partial charge in [-0.2, -0.15) is 18.3 Å². The van der Waals surface area contributed by atoms with E-state index >= 15 is 0 Å². The zero-order chi connectivity index (χ0) is 19.7. The van der Waals surface area contributed by atoms with Crippen LogP contribution in [0.2, 0.25) is 0 Å². The molecule has 1 aromatic heterocycles. The number of amides is 2. The van der Waals surface area contributed by atoms with Crippen molar-refractivity contribution in [2.24, 2.45) is 12.5 Å². The highest BCUT2D eigenvalue weighted by Gasteiger charge is 2.33. The van der Waals surface area contributed by atoms with E-state index in [-0.39, 0.29) is 0 Å². The van der Waals surface area contributed by atoms with Crippen LogP contribution in [-0.4, -0.2) is 15.8 Å². The molecule has 142 valence electrons. The molecule has 8 heteroatoms. The molecule has 1 unspecified atom stereocenters. The second kappa shape index (κ2) is 7.01. The van der Waals surface area contributed by atoms with E-state index in [0.29, 0.717) is 11.4 Å². The zero-order valence-electron chi connectivity index (χ0n) is 15.4. The van der Waals surface area contributed by atoms with Crippen LogP contribution in [0.4, 0.5) is 23.8 Å². The predicted molar refractivity (Wildman–Crippen MR) is 93.7 cm³/mol. The van der Waals surface area contributed by atoms with Crippen LogP contribution in [0.25, 0.3) is 0 Å². The standard InChI is InChI=1S/C18H23F3N4O/c1-11-9-14(25(5)24-11)22-16(26)23-15(17(2,3)4)12-7-6-8-13(10-12)18(19,20)21/h6-10,15H,1-5H3,(H2,22,23,26). The summed E-state index contributed by atoms with van der Waals surface area (Å²) in [6, 6.07) is 5.60. The van der Waals surface area contributed by atoms with E-state index in [1.807, 2.05) is 20.8 Å². The van der Waals surface area contributed by atoms with Crippen LogP contribution in [0, 0.1) is 12.3 Å². The van der Waals surface area contributed by atoms with E-state index in [9.17, 15) is 18.0 Å². The van der Waals surface area contributed by atoms with Crippen LogP contribution in [-0.2, 0) is 13.2 Å². The highest BCUT2D eigenvalue weighted by Crippen LogP contribution is 2.36. The van der Waals surface area contributed by atoms with Crippen LogP contribution in [0.1, 0.15) is 43.6 Å². The number of hydrogen-bond acceptors (Lipinski definition) is 2. The second-order valence-corrected chi connectivity index (χ2v) is 7.32. The molecule has 0 radical (unpaired) electrons. The summed E-state index contributed by atoms with van der Waals surface area (Å²) in [4.78, 5) is 12.4. The molecule has 0 saturated heterocycles. The lowest BCUT2D eigenvalue weighted by Crippen LogP contribution is -2.39. The van der Waals surface area contributed by atoms with Gasteiger partial charge in [0.05, 0.1) is 17.3 Å². The molecular weight excluding hydrogens is 345 g/mol. The Kier molecular flexibility index (Phi) is 5.34. The summed E-state index contributed by atoms with van der Waals surface area (Å²) in [6.07, 6.45) is -4.44. The summed E-state index contributed by atoms with van der Waals surface area (Å²) >= 11 is 0. The molecule has 0 aliphatic carbocycles. The topological polar surface area (TPSA) is 59.0 Å². The van der Waals surface area contributed by atoms with Crippen molar-refractivity contribution in [2.45, 2.75) is 39.9 Å². The molecule has 1 heterocycles. The smallest absolute Gasteiger partial charge is 0.330 e. The third-order valence-corrected chi connectivity index (χ3v) is 3.93. The number of aromatic nitrogens is 2. The van der Waals surface area contributed by atoms with Crippen LogP contribution < -0.4 is 10.6 Å². The molecule has 0 saturated carbocycles. The van der Waals surface area contributed by atoms with Crippen LogP contribution in [0.5, 0.6) is 0 Å². The molecule has 0 bridgehead atoms. The first-order valence-electron chi connectivity index (χ1n) is 8.13. The van der Waals surface area contributed by atoms with Gasteiger partial charge in [0, 0.05) is 13.1 Å². The second-order valence-electron chi connectivity index (χ2n) is 7.32. The van der Waals surface area contributed by atoms with Gasteiger partial charge in [-0.3, -0.25) is 10.00 Å². The van der Waals surface area contributed by atoms with Crippen LogP contribution in [0.15, 0.2) is 30.3 Å². The Morgan fingerprint density at radius 3 is 2.35 bits per heavy atom. The van der Waals surface area contributed by atoms with E-state index in [2.05, 4.69) is 15.7 Å². The molecule has 2 amide bonds. The zero-order valence-corrected chi connectivity index (χ0v) is 15.4. The summed E-state index contributed by atoms with van der Waals surface area (Å²) in [7, 11) is 1.69. The molecule has 1 atom stereocenters. The number of anilines is 1. The van der Waals surface area contributed by atoms with Gasteiger partial charge in [0.25, 0.3) is 0 Å². The number of rotatable bonds is 3. The lowest BCUT2D eigenvalue weighted by Gasteiger charge is -2.32. The third-order valence-electron chi connectivity index (χ3n) is 3.93. The fraction of sp³-hybridized carbons (Fsp3) is 0.444. The minimum absolute atomic E-state index is 0.392. The molecule has 0 aliphatic heterocycles. The van der Waals surface area contributed by atoms with Gasteiger partial charge in [0.2, 0.25) is 0 Å². The number of halogens is 3. The monoisotopic (exact) mass is 368 g/mol. The fourth-order valence-electron chi connectivity index (χ4n) is 2.71. The molecule has 0 aliphatic rings. The van der Waals surface area contributed by atoms with Crippen LogP contribution >= 0.6 is 0 Å². The van der Waals surface area contributed by atoms with Crippen LogP contribution in [0.3, 0.4) is 0 Å². The summed E-state index contributed by atoms with van der Waals surface area (Å²) < 4.78 is 40.6. The number of benzene rings is 1. The summed E-state index contributed by atoms with van der Waals surface area (Å²) in [5, 5.41) is 9.59. The quantitative estimate of drug-likeness (QED) is 0.828. The Morgan fingerprint density at radius 1 is 1.19 bits per heavy atom. The number of nitrogens with zero attached hydrogens (tertiary/aromatic N) is 2.